The second-order valence-corrected chi connectivity index (χ2v) is 14.4. The minimum absolute atomic E-state index is 0.0352. The van der Waals surface area contributed by atoms with Crippen molar-refractivity contribution in [2.45, 2.75) is 128 Å². The van der Waals surface area contributed by atoms with Gasteiger partial charge in [0, 0.05) is 31.0 Å². The predicted octanol–water partition coefficient (Wildman–Crippen LogP) is 5.97. The Balaban J connectivity index is 1.17. The number of Topliss-reactive ketones (excluding diaryl/α,β-unsaturated/α-hetero) is 1. The summed E-state index contributed by atoms with van der Waals surface area (Å²) in [7, 11) is 0. The first-order valence-electron chi connectivity index (χ1n) is 14.9. The van der Waals surface area contributed by atoms with Crippen LogP contribution in [0.3, 0.4) is 0 Å². The molecule has 7 fully saturated rings. The van der Waals surface area contributed by atoms with Crippen LogP contribution in [-0.4, -0.2) is 47.3 Å². The summed E-state index contributed by atoms with van der Waals surface area (Å²) in [6.45, 7) is 11.7. The molecule has 0 N–H and O–H groups in total. The molecule has 1 spiro atoms. The highest BCUT2D eigenvalue weighted by molar-refractivity contribution is 5.81. The topological polar surface area (TPSA) is 38.8 Å². The zero-order valence-electron chi connectivity index (χ0n) is 22.1. The van der Waals surface area contributed by atoms with Gasteiger partial charge in [0.2, 0.25) is 0 Å². The molecule has 0 amide bonds. The zero-order valence-corrected chi connectivity index (χ0v) is 22.1. The maximum atomic E-state index is 13.4. The molecule has 4 nitrogen and oxygen atoms in total. The Morgan fingerprint density at radius 3 is 2.74 bits per heavy atom. The van der Waals surface area contributed by atoms with Crippen LogP contribution < -0.4 is 0 Å². The lowest BCUT2D eigenvalue weighted by molar-refractivity contribution is -0.263. The van der Waals surface area contributed by atoms with Crippen LogP contribution in [-0.2, 0) is 14.3 Å². The van der Waals surface area contributed by atoms with Crippen LogP contribution in [0.4, 0.5) is 0 Å². The first-order valence-corrected chi connectivity index (χ1v) is 14.9. The van der Waals surface area contributed by atoms with E-state index in [9.17, 15) is 4.79 Å². The summed E-state index contributed by atoms with van der Waals surface area (Å²) in [5, 5.41) is 0. The van der Waals surface area contributed by atoms with Gasteiger partial charge in [-0.25, -0.2) is 0 Å². The van der Waals surface area contributed by atoms with Crippen LogP contribution in [0, 0.1) is 40.4 Å². The van der Waals surface area contributed by atoms with Gasteiger partial charge in [0.1, 0.15) is 5.78 Å². The second-order valence-electron chi connectivity index (χ2n) is 14.4. The van der Waals surface area contributed by atoms with E-state index in [1.165, 1.54) is 57.9 Å². The van der Waals surface area contributed by atoms with Crippen molar-refractivity contribution in [3.63, 3.8) is 0 Å². The van der Waals surface area contributed by atoms with E-state index in [1.807, 2.05) is 6.92 Å². The molecule has 190 valence electrons. The van der Waals surface area contributed by atoms with E-state index in [4.69, 9.17) is 9.47 Å². The molecule has 34 heavy (non-hydrogen) atoms. The van der Waals surface area contributed by atoms with Crippen LogP contribution in [0.15, 0.2) is 0 Å². The minimum Gasteiger partial charge on any atom is -0.349 e. The number of nitrogens with zero attached hydrogens (tertiary/aromatic N) is 1. The van der Waals surface area contributed by atoms with Crippen LogP contribution in [0.1, 0.15) is 105 Å². The van der Waals surface area contributed by atoms with Gasteiger partial charge in [-0.05, 0) is 99.2 Å². The molecule has 0 aromatic carbocycles. The molecule has 7 bridgehead atoms. The van der Waals surface area contributed by atoms with Gasteiger partial charge in [-0.3, -0.25) is 9.69 Å². The van der Waals surface area contributed by atoms with E-state index in [-0.39, 0.29) is 12.0 Å². The van der Waals surface area contributed by atoms with Crippen LogP contribution in [0.5, 0.6) is 0 Å². The molecule has 7 unspecified atom stereocenters. The van der Waals surface area contributed by atoms with Crippen molar-refractivity contribution in [1.82, 2.24) is 4.90 Å². The van der Waals surface area contributed by atoms with Crippen molar-refractivity contribution in [2.75, 3.05) is 13.2 Å². The number of fused-ring (bicyclic) bond motifs is 4. The van der Waals surface area contributed by atoms with E-state index in [2.05, 4.69) is 25.7 Å². The molecule has 2 saturated carbocycles. The number of ketones is 1. The van der Waals surface area contributed by atoms with Crippen molar-refractivity contribution in [1.29, 1.82) is 0 Å². The fraction of sp³-hybridized carbons (Fsp3) is 0.967. The van der Waals surface area contributed by atoms with Crippen molar-refractivity contribution in [3.8, 4) is 0 Å². The Labute approximate surface area is 206 Å². The number of hydrogen-bond donors (Lipinski definition) is 0. The Bertz CT molecular complexity index is 873. The summed E-state index contributed by atoms with van der Waals surface area (Å²) in [5.74, 6) is 3.29. The molecule has 0 aromatic heterocycles. The number of carbonyl (C=O) groups excluding carboxylic acids is 1. The SMILES string of the molecule is CC(C)C1CC[C@@]2(C)C3CC[C@]45CCCC4[C@]2(CCCC(=O)C2CO[C@@]4(C)CCC2O4)C1N5C3. The summed E-state index contributed by atoms with van der Waals surface area (Å²) in [4.78, 5) is 16.6. The van der Waals surface area contributed by atoms with Gasteiger partial charge in [0.15, 0.2) is 5.79 Å². The predicted molar refractivity (Wildman–Crippen MR) is 132 cm³/mol. The van der Waals surface area contributed by atoms with Gasteiger partial charge >= 0.3 is 0 Å². The molecule has 5 aliphatic heterocycles. The molecule has 4 heteroatoms. The van der Waals surface area contributed by atoms with Gasteiger partial charge in [-0.2, -0.15) is 0 Å². The number of ether oxygens (including phenoxy) is 2. The first-order chi connectivity index (χ1) is 16.2. The van der Waals surface area contributed by atoms with Crippen LogP contribution in [0.2, 0.25) is 0 Å². The summed E-state index contributed by atoms with van der Waals surface area (Å²) in [6.07, 6.45) is 15.2. The quantitative estimate of drug-likeness (QED) is 0.480. The number of rotatable bonds is 6. The summed E-state index contributed by atoms with van der Waals surface area (Å²) in [5.41, 5.74) is 1.40. The van der Waals surface area contributed by atoms with Crippen LogP contribution in [0.25, 0.3) is 0 Å². The largest absolute Gasteiger partial charge is 0.349 e. The van der Waals surface area contributed by atoms with Crippen molar-refractivity contribution >= 4 is 5.78 Å². The highest BCUT2D eigenvalue weighted by Gasteiger charge is 2.79. The van der Waals surface area contributed by atoms with E-state index < -0.39 is 5.79 Å². The normalized spacial score (nSPS) is 56.8. The molecule has 11 atom stereocenters. The summed E-state index contributed by atoms with van der Waals surface area (Å²) >= 11 is 0. The van der Waals surface area contributed by atoms with E-state index in [0.717, 1.165) is 55.4 Å². The molecular formula is C30H47NO3. The highest BCUT2D eigenvalue weighted by atomic mass is 16.7. The first kappa shape index (κ1) is 22.7. The van der Waals surface area contributed by atoms with E-state index in [1.54, 1.807) is 0 Å². The van der Waals surface area contributed by atoms with E-state index >= 15 is 0 Å². The monoisotopic (exact) mass is 469 g/mol. The zero-order chi connectivity index (χ0) is 23.5. The number of hydrogen-bond acceptors (Lipinski definition) is 4. The molecule has 5 heterocycles. The third-order valence-corrected chi connectivity index (χ3v) is 13.1. The molecule has 5 saturated heterocycles. The lowest BCUT2D eigenvalue weighted by Gasteiger charge is -2.67. The maximum Gasteiger partial charge on any atom is 0.166 e. The summed E-state index contributed by atoms with van der Waals surface area (Å²) in [6, 6.07) is 0.764. The third kappa shape index (κ3) is 2.64. The molecule has 7 rings (SSSR count). The average Bonchev–Trinajstić information content (AvgIpc) is 3.39. The van der Waals surface area contributed by atoms with Crippen molar-refractivity contribution in [2.24, 2.45) is 40.4 Å². The average molecular weight is 470 g/mol. The molecule has 2 aliphatic carbocycles. The Morgan fingerprint density at radius 2 is 1.91 bits per heavy atom. The second kappa shape index (κ2) is 7.32. The van der Waals surface area contributed by atoms with E-state index in [0.29, 0.717) is 28.8 Å². The molecular weight excluding hydrogens is 422 g/mol. The van der Waals surface area contributed by atoms with Crippen molar-refractivity contribution in [3.05, 3.63) is 0 Å². The lowest BCUT2D eigenvalue weighted by Crippen LogP contribution is -2.68. The van der Waals surface area contributed by atoms with Gasteiger partial charge < -0.3 is 9.47 Å². The van der Waals surface area contributed by atoms with Gasteiger partial charge in [-0.15, -0.1) is 0 Å². The highest BCUT2D eigenvalue weighted by Crippen LogP contribution is 2.79. The number of piperidine rings is 2. The Hall–Kier alpha value is -0.450. The van der Waals surface area contributed by atoms with Crippen LogP contribution >= 0.6 is 0 Å². The van der Waals surface area contributed by atoms with Gasteiger partial charge in [-0.1, -0.05) is 27.2 Å². The Kier molecular flexibility index (Phi) is 4.89. The maximum absolute atomic E-state index is 13.4. The lowest BCUT2D eigenvalue weighted by atomic mass is 9.42. The minimum atomic E-state index is -0.427. The molecule has 0 aromatic rings. The smallest absolute Gasteiger partial charge is 0.166 e. The fourth-order valence-corrected chi connectivity index (χ4v) is 11.7. The molecule has 7 aliphatic rings. The van der Waals surface area contributed by atoms with Gasteiger partial charge in [0.05, 0.1) is 18.6 Å². The fourth-order valence-electron chi connectivity index (χ4n) is 11.7. The third-order valence-electron chi connectivity index (χ3n) is 13.1. The standard InChI is InChI=1S/C30H47NO3/c1-19(2)21-10-14-27(3)20-9-16-29-12-6-8-25(29)30(27,26(21)31(29)17-20)13-5-7-23(32)22-18-33-28(4)15-11-24(22)34-28/h19-22,24-26H,5-18H2,1-4H3/t20?,21?,22?,24?,25?,26?,27-,28+,29+,30+/m0/s1. The summed E-state index contributed by atoms with van der Waals surface area (Å²) < 4.78 is 12.1. The van der Waals surface area contributed by atoms with Gasteiger partial charge in [0.25, 0.3) is 0 Å². The molecule has 0 radical (unpaired) electrons. The Morgan fingerprint density at radius 1 is 1.06 bits per heavy atom. The number of carbonyl (C=O) groups is 1. The van der Waals surface area contributed by atoms with Crippen molar-refractivity contribution < 1.29 is 14.3 Å².